The van der Waals surface area contributed by atoms with Gasteiger partial charge in [0, 0.05) is 26.8 Å². The van der Waals surface area contributed by atoms with E-state index in [4.69, 9.17) is 5.73 Å². The quantitative estimate of drug-likeness (QED) is 0.398. The van der Waals surface area contributed by atoms with Crippen LogP contribution < -0.4 is 5.73 Å². The lowest BCUT2D eigenvalue weighted by atomic mass is 10.0. The first kappa shape index (κ1) is 18.5. The largest absolute Gasteiger partial charge is 0.366 e. The molecule has 2 aromatic heterocycles. The molecule has 1 radical (unpaired) electrons. The first-order valence-electron chi connectivity index (χ1n) is 9.27. The fourth-order valence-electron chi connectivity index (χ4n) is 3.85. The molecule has 0 saturated carbocycles. The van der Waals surface area contributed by atoms with Crippen LogP contribution in [0.1, 0.15) is 15.9 Å². The molecule has 30 heavy (non-hydrogen) atoms. The number of hydrogen-bond donors (Lipinski definition) is 1. The summed E-state index contributed by atoms with van der Waals surface area (Å²) in [5, 5.41) is 3.37. The number of aromatic nitrogens is 1. The summed E-state index contributed by atoms with van der Waals surface area (Å²) in [4.78, 5) is 13.1. The van der Waals surface area contributed by atoms with Crippen molar-refractivity contribution >= 4 is 39.0 Å². The highest BCUT2D eigenvalue weighted by Gasteiger charge is 2.18. The molecule has 6 heteroatoms. The molecule has 0 spiro atoms. The van der Waals surface area contributed by atoms with Crippen LogP contribution in [-0.2, 0) is 6.54 Å². The number of carbonyl (C=O) groups excluding carboxylic acids is 1. The van der Waals surface area contributed by atoms with Crippen LogP contribution in [0.5, 0.6) is 0 Å². The molecule has 0 atom stereocenters. The lowest BCUT2D eigenvalue weighted by Crippen LogP contribution is -2.11. The average molecular weight is 417 g/mol. The molecule has 5 aromatic rings. The van der Waals surface area contributed by atoms with E-state index in [1.54, 1.807) is 23.5 Å². The molecule has 1 amide bonds. The molecule has 0 unspecified atom stereocenters. The van der Waals surface area contributed by atoms with E-state index < -0.39 is 17.5 Å². The molecule has 147 valence electrons. The van der Waals surface area contributed by atoms with Gasteiger partial charge in [0.25, 0.3) is 0 Å². The van der Waals surface area contributed by atoms with Crippen molar-refractivity contribution in [1.29, 1.82) is 0 Å². The first-order chi connectivity index (χ1) is 14.5. The number of thiophene rings is 1. The van der Waals surface area contributed by atoms with Gasteiger partial charge in [0.2, 0.25) is 5.91 Å². The van der Waals surface area contributed by atoms with Crippen LogP contribution in [0, 0.1) is 17.7 Å². The number of nitrogens with zero attached hydrogens (tertiary/aromatic N) is 1. The van der Waals surface area contributed by atoms with Crippen molar-refractivity contribution in [2.45, 2.75) is 6.54 Å². The number of hydrogen-bond acceptors (Lipinski definition) is 2. The second kappa shape index (κ2) is 7.07. The second-order valence-corrected chi connectivity index (χ2v) is 7.96. The summed E-state index contributed by atoms with van der Waals surface area (Å²) in [6.07, 6.45) is 0. The maximum atomic E-state index is 14.4. The van der Waals surface area contributed by atoms with E-state index in [0.717, 1.165) is 33.5 Å². The van der Waals surface area contributed by atoms with Gasteiger partial charge in [-0.3, -0.25) is 4.79 Å². The third-order valence-corrected chi connectivity index (χ3v) is 6.12. The Morgan fingerprint density at radius 1 is 1.07 bits per heavy atom. The van der Waals surface area contributed by atoms with Crippen LogP contribution in [0.4, 0.5) is 8.78 Å². The van der Waals surface area contributed by atoms with Crippen molar-refractivity contribution in [1.82, 2.24) is 4.57 Å². The molecule has 0 fully saturated rings. The topological polar surface area (TPSA) is 48.0 Å². The van der Waals surface area contributed by atoms with Crippen LogP contribution >= 0.6 is 11.3 Å². The molecular formula is C24H15F2N2OS. The number of rotatable bonds is 4. The Balaban J connectivity index is 1.83. The fourth-order valence-corrected chi connectivity index (χ4v) is 4.57. The van der Waals surface area contributed by atoms with Gasteiger partial charge in [0.05, 0.1) is 17.6 Å². The van der Waals surface area contributed by atoms with Crippen molar-refractivity contribution < 1.29 is 13.6 Å². The van der Waals surface area contributed by atoms with Crippen LogP contribution in [-0.4, -0.2) is 10.5 Å². The molecule has 0 aliphatic carbocycles. The summed E-state index contributed by atoms with van der Waals surface area (Å²) in [5.74, 6) is -1.54. The number of benzene rings is 3. The van der Waals surface area contributed by atoms with Gasteiger partial charge in [-0.15, -0.1) is 11.3 Å². The van der Waals surface area contributed by atoms with Gasteiger partial charge in [-0.25, -0.2) is 8.78 Å². The van der Waals surface area contributed by atoms with Crippen molar-refractivity contribution in [2.75, 3.05) is 0 Å². The molecule has 0 bridgehead atoms. The summed E-state index contributed by atoms with van der Waals surface area (Å²) in [7, 11) is 0. The highest BCUT2D eigenvalue weighted by molar-refractivity contribution is 7.13. The third-order valence-electron chi connectivity index (χ3n) is 5.20. The van der Waals surface area contributed by atoms with Crippen molar-refractivity contribution in [3.8, 4) is 10.4 Å². The Labute approximate surface area is 175 Å². The van der Waals surface area contributed by atoms with Crippen LogP contribution in [0.3, 0.4) is 0 Å². The predicted octanol–water partition coefficient (Wildman–Crippen LogP) is 5.75. The molecule has 0 aliphatic rings. The molecule has 3 nitrogen and oxygen atoms in total. The van der Waals surface area contributed by atoms with E-state index in [9.17, 15) is 13.6 Å². The van der Waals surface area contributed by atoms with Gasteiger partial charge in [-0.2, -0.15) is 0 Å². The van der Waals surface area contributed by atoms with E-state index in [1.165, 1.54) is 6.07 Å². The molecule has 5 rings (SSSR count). The molecule has 2 N–H and O–H groups in total. The smallest absolute Gasteiger partial charge is 0.249 e. The number of nitrogens with two attached hydrogens (primary N) is 1. The Hall–Kier alpha value is -3.51. The third kappa shape index (κ3) is 2.97. The summed E-state index contributed by atoms with van der Waals surface area (Å²) < 4.78 is 30.1. The van der Waals surface area contributed by atoms with Gasteiger partial charge in [-0.1, -0.05) is 12.1 Å². The Morgan fingerprint density at radius 3 is 2.70 bits per heavy atom. The van der Waals surface area contributed by atoms with Gasteiger partial charge < -0.3 is 10.3 Å². The zero-order chi connectivity index (χ0) is 20.8. The number of halogens is 2. The van der Waals surface area contributed by atoms with Crippen molar-refractivity contribution in [3.05, 3.63) is 94.9 Å². The zero-order valence-electron chi connectivity index (χ0n) is 15.7. The molecule has 3 aromatic carbocycles. The highest BCUT2D eigenvalue weighted by Crippen LogP contribution is 2.35. The van der Waals surface area contributed by atoms with Gasteiger partial charge in [0.1, 0.15) is 11.6 Å². The fraction of sp³-hybridized carbons (Fsp3) is 0.0417. The minimum absolute atomic E-state index is 0.105. The second-order valence-electron chi connectivity index (χ2n) is 7.01. The van der Waals surface area contributed by atoms with Crippen molar-refractivity contribution in [3.63, 3.8) is 0 Å². The van der Waals surface area contributed by atoms with E-state index >= 15 is 0 Å². The SMILES string of the molecule is NC(=O)c1cccc2c1c1[c]cc(-c3cccs3)cc1n2Cc1cc(F)ccc1F. The maximum absolute atomic E-state index is 14.4. The van der Waals surface area contributed by atoms with Crippen LogP contribution in [0.2, 0.25) is 0 Å². The Morgan fingerprint density at radius 2 is 1.93 bits per heavy atom. The molecule has 0 aliphatic heterocycles. The Kier molecular flexibility index (Phi) is 4.37. The van der Waals surface area contributed by atoms with E-state index in [2.05, 4.69) is 6.07 Å². The van der Waals surface area contributed by atoms with E-state index in [-0.39, 0.29) is 12.1 Å². The summed E-state index contributed by atoms with van der Waals surface area (Å²) in [6, 6.07) is 19.8. The summed E-state index contributed by atoms with van der Waals surface area (Å²) in [5.41, 5.74) is 8.65. The normalized spacial score (nSPS) is 11.4. The molecular weight excluding hydrogens is 402 g/mol. The molecule has 2 heterocycles. The predicted molar refractivity (Wildman–Crippen MR) is 116 cm³/mol. The highest BCUT2D eigenvalue weighted by atomic mass is 32.1. The van der Waals surface area contributed by atoms with E-state index in [0.29, 0.717) is 16.5 Å². The average Bonchev–Trinajstić information content (AvgIpc) is 3.37. The van der Waals surface area contributed by atoms with Gasteiger partial charge in [-0.05, 0) is 65.5 Å². The van der Waals surface area contributed by atoms with Crippen LogP contribution in [0.15, 0.2) is 66.0 Å². The van der Waals surface area contributed by atoms with Crippen molar-refractivity contribution in [2.24, 2.45) is 5.73 Å². The Bertz CT molecular complexity index is 1420. The lowest BCUT2D eigenvalue weighted by Gasteiger charge is -2.10. The minimum atomic E-state index is -0.549. The number of fused-ring (bicyclic) bond motifs is 3. The summed E-state index contributed by atoms with van der Waals surface area (Å²) >= 11 is 1.60. The first-order valence-corrected chi connectivity index (χ1v) is 10.1. The maximum Gasteiger partial charge on any atom is 0.249 e. The number of primary amides is 1. The molecule has 0 saturated heterocycles. The number of amides is 1. The van der Waals surface area contributed by atoms with Gasteiger partial charge >= 0.3 is 0 Å². The summed E-state index contributed by atoms with van der Waals surface area (Å²) in [6.45, 7) is 0.105. The number of carbonyl (C=O) groups is 1. The lowest BCUT2D eigenvalue weighted by molar-refractivity contribution is 0.100. The van der Waals surface area contributed by atoms with E-state index in [1.807, 2.05) is 40.3 Å². The standard InChI is InChI=1S/C24H15F2N2OS/c25-16-7-9-19(26)15(11-16)13-28-20-4-1-3-18(24(27)29)23(20)17-8-6-14(12-21(17)28)22-5-2-10-30-22/h1-7,9-12H,13H2,(H2,27,29). The van der Waals surface area contributed by atoms with Gasteiger partial charge in [0.15, 0.2) is 0 Å². The zero-order valence-corrected chi connectivity index (χ0v) is 16.5. The monoisotopic (exact) mass is 417 g/mol. The minimum Gasteiger partial charge on any atom is -0.366 e. The van der Waals surface area contributed by atoms with Crippen LogP contribution in [0.25, 0.3) is 32.2 Å².